The summed E-state index contributed by atoms with van der Waals surface area (Å²) >= 11 is 0. The zero-order valence-electron chi connectivity index (χ0n) is 17.3. The first-order valence-electron chi connectivity index (χ1n) is 9.68. The van der Waals surface area contributed by atoms with Crippen LogP contribution < -0.4 is 25.0 Å². The smallest absolute Gasteiger partial charge is 0.262 e. The van der Waals surface area contributed by atoms with E-state index < -0.39 is 17.9 Å². The van der Waals surface area contributed by atoms with Crippen molar-refractivity contribution in [3.8, 4) is 29.6 Å². The molecule has 2 aromatic rings. The van der Waals surface area contributed by atoms with E-state index >= 15 is 0 Å². The van der Waals surface area contributed by atoms with Crippen LogP contribution in [0.1, 0.15) is 29.8 Å². The van der Waals surface area contributed by atoms with Crippen molar-refractivity contribution in [1.82, 2.24) is 10.7 Å². The largest absolute Gasteiger partial charge is 0.480 e. The maximum Gasteiger partial charge on any atom is 0.262 e. The minimum Gasteiger partial charge on any atom is -0.480 e. The van der Waals surface area contributed by atoms with Crippen molar-refractivity contribution in [3.63, 3.8) is 0 Å². The van der Waals surface area contributed by atoms with Crippen molar-refractivity contribution in [3.05, 3.63) is 53.6 Å². The highest BCUT2D eigenvalue weighted by atomic mass is 16.7. The molecule has 0 spiro atoms. The van der Waals surface area contributed by atoms with Crippen molar-refractivity contribution in [2.24, 2.45) is 11.0 Å². The number of hydrogen-bond donors (Lipinski definition) is 2. The predicted octanol–water partition coefficient (Wildman–Crippen LogP) is 2.33. The van der Waals surface area contributed by atoms with Crippen LogP contribution in [0.15, 0.2) is 47.6 Å². The van der Waals surface area contributed by atoms with Gasteiger partial charge >= 0.3 is 0 Å². The number of nitrogens with zero attached hydrogens (tertiary/aromatic N) is 1. The number of hydrogen-bond acceptors (Lipinski definition) is 6. The lowest BCUT2D eigenvalue weighted by molar-refractivity contribution is -0.123. The Morgan fingerprint density at radius 3 is 2.77 bits per heavy atom. The van der Waals surface area contributed by atoms with Crippen LogP contribution in [0.5, 0.6) is 17.2 Å². The minimum absolute atomic E-state index is 0.117. The second-order valence-electron chi connectivity index (χ2n) is 7.03. The van der Waals surface area contributed by atoms with Crippen LogP contribution in [0, 0.1) is 18.3 Å². The molecule has 0 aliphatic carbocycles. The van der Waals surface area contributed by atoms with Crippen molar-refractivity contribution in [1.29, 1.82) is 0 Å². The Morgan fingerprint density at radius 2 is 2.00 bits per heavy atom. The van der Waals surface area contributed by atoms with Crippen molar-refractivity contribution in [2.75, 3.05) is 13.4 Å². The first-order chi connectivity index (χ1) is 15.0. The molecule has 31 heavy (non-hydrogen) atoms. The highest BCUT2D eigenvalue weighted by Gasteiger charge is 2.25. The maximum absolute atomic E-state index is 12.6. The van der Waals surface area contributed by atoms with E-state index in [1.54, 1.807) is 30.3 Å². The van der Waals surface area contributed by atoms with Gasteiger partial charge in [-0.05, 0) is 36.2 Å². The second kappa shape index (κ2) is 10.2. The predicted molar refractivity (Wildman–Crippen MR) is 115 cm³/mol. The molecule has 8 nitrogen and oxygen atoms in total. The number of nitrogens with one attached hydrogen (secondary N) is 2. The van der Waals surface area contributed by atoms with Crippen molar-refractivity contribution in [2.45, 2.75) is 19.9 Å². The highest BCUT2D eigenvalue weighted by Crippen LogP contribution is 2.32. The lowest BCUT2D eigenvalue weighted by Crippen LogP contribution is -2.48. The van der Waals surface area contributed by atoms with Gasteiger partial charge < -0.3 is 19.5 Å². The summed E-state index contributed by atoms with van der Waals surface area (Å²) in [6.45, 7) is 3.90. The van der Waals surface area contributed by atoms with Gasteiger partial charge in [0.05, 0.1) is 6.21 Å². The normalized spacial score (nSPS) is 13.0. The second-order valence-corrected chi connectivity index (χ2v) is 7.03. The molecule has 3 rings (SSSR count). The number of hydrazone groups is 1. The molecule has 8 heteroatoms. The molecule has 1 aliphatic rings. The number of benzene rings is 2. The van der Waals surface area contributed by atoms with E-state index in [0.717, 1.165) is 0 Å². The molecule has 2 aromatic carbocycles. The summed E-state index contributed by atoms with van der Waals surface area (Å²) in [5.74, 6) is 3.01. The number of terminal acetylenes is 1. The molecule has 0 fully saturated rings. The van der Waals surface area contributed by atoms with E-state index in [1.165, 1.54) is 6.21 Å². The van der Waals surface area contributed by atoms with E-state index in [0.29, 0.717) is 28.4 Å². The molecular formula is C23H23N3O5. The van der Waals surface area contributed by atoms with Gasteiger partial charge in [0.25, 0.3) is 11.8 Å². The molecule has 0 bridgehead atoms. The van der Waals surface area contributed by atoms with E-state index in [1.807, 2.05) is 26.0 Å². The molecule has 0 aromatic heterocycles. The average molecular weight is 421 g/mol. The lowest BCUT2D eigenvalue weighted by atomic mass is 10.0. The Balaban J connectivity index is 1.64. The van der Waals surface area contributed by atoms with Gasteiger partial charge in [-0.25, -0.2) is 5.43 Å². The number of carbonyl (C=O) groups excluding carboxylic acids is 2. The number of ether oxygens (including phenoxy) is 3. The van der Waals surface area contributed by atoms with Crippen LogP contribution in [0.25, 0.3) is 0 Å². The third-order valence-corrected chi connectivity index (χ3v) is 4.48. The zero-order chi connectivity index (χ0) is 22.2. The third kappa shape index (κ3) is 5.54. The first kappa shape index (κ1) is 21.7. The van der Waals surface area contributed by atoms with E-state index in [-0.39, 0.29) is 19.3 Å². The molecule has 2 amide bonds. The molecular weight excluding hydrogens is 398 g/mol. The molecule has 1 aliphatic heterocycles. The molecule has 1 atom stereocenters. The standard InChI is InChI=1S/C23H23N3O5/c1-4-11-29-18-8-6-5-7-17(18)13-24-26-23(28)21(15(2)3)25-22(27)16-9-10-19-20(12-16)31-14-30-19/h1,5-10,12-13,15,21H,11,14H2,2-3H3,(H,25,27)(H,26,28). The summed E-state index contributed by atoms with van der Waals surface area (Å²) in [5, 5.41) is 6.74. The van der Waals surface area contributed by atoms with E-state index in [2.05, 4.69) is 21.8 Å². The van der Waals surface area contributed by atoms with Crippen LogP contribution in [0.3, 0.4) is 0 Å². The molecule has 0 saturated heterocycles. The summed E-state index contributed by atoms with van der Waals surface area (Å²) in [7, 11) is 0. The Bertz CT molecular complexity index is 1030. The van der Waals surface area contributed by atoms with E-state index in [9.17, 15) is 9.59 Å². The number of para-hydroxylation sites is 1. The van der Waals surface area contributed by atoms with E-state index in [4.69, 9.17) is 20.6 Å². The number of carbonyl (C=O) groups is 2. The van der Waals surface area contributed by atoms with Crippen LogP contribution in [0.2, 0.25) is 0 Å². The molecule has 0 saturated carbocycles. The quantitative estimate of drug-likeness (QED) is 0.387. The topological polar surface area (TPSA) is 98.2 Å². The Labute approximate surface area is 180 Å². The monoisotopic (exact) mass is 421 g/mol. The van der Waals surface area contributed by atoms with Gasteiger partial charge in [0.2, 0.25) is 6.79 Å². The summed E-state index contributed by atoms with van der Waals surface area (Å²) in [6.07, 6.45) is 6.68. The first-order valence-corrected chi connectivity index (χ1v) is 9.68. The van der Waals surface area contributed by atoms with Crippen LogP contribution in [-0.4, -0.2) is 37.5 Å². The Hall–Kier alpha value is -3.99. The van der Waals surface area contributed by atoms with Crippen molar-refractivity contribution < 1.29 is 23.8 Å². The van der Waals surface area contributed by atoms with Gasteiger partial charge in [0, 0.05) is 11.1 Å². The van der Waals surface area contributed by atoms with Crippen LogP contribution in [0.4, 0.5) is 0 Å². The summed E-state index contributed by atoms with van der Waals surface area (Å²) in [6, 6.07) is 11.2. The Kier molecular flexibility index (Phi) is 7.12. The highest BCUT2D eigenvalue weighted by molar-refractivity contribution is 5.98. The fourth-order valence-electron chi connectivity index (χ4n) is 2.87. The van der Waals surface area contributed by atoms with Gasteiger partial charge in [-0.2, -0.15) is 5.10 Å². The van der Waals surface area contributed by atoms with Crippen LogP contribution >= 0.6 is 0 Å². The fourth-order valence-corrected chi connectivity index (χ4v) is 2.87. The molecule has 0 radical (unpaired) electrons. The minimum atomic E-state index is -0.789. The Morgan fingerprint density at radius 1 is 1.23 bits per heavy atom. The van der Waals surface area contributed by atoms with Gasteiger partial charge in [-0.3, -0.25) is 9.59 Å². The summed E-state index contributed by atoms with van der Waals surface area (Å²) in [5.41, 5.74) is 3.49. The van der Waals surface area contributed by atoms with Gasteiger partial charge in [0.15, 0.2) is 11.5 Å². The van der Waals surface area contributed by atoms with Crippen molar-refractivity contribution >= 4 is 18.0 Å². The average Bonchev–Trinajstić information content (AvgIpc) is 3.24. The SMILES string of the molecule is C#CCOc1ccccc1C=NNC(=O)C(NC(=O)c1ccc2c(c1)OCO2)C(C)C. The lowest BCUT2D eigenvalue weighted by Gasteiger charge is -2.20. The number of fused-ring (bicyclic) bond motifs is 1. The number of rotatable bonds is 8. The molecule has 1 heterocycles. The fraction of sp³-hybridized carbons (Fsp3) is 0.261. The summed E-state index contributed by atoms with van der Waals surface area (Å²) < 4.78 is 16.0. The van der Waals surface area contributed by atoms with Crippen LogP contribution in [-0.2, 0) is 4.79 Å². The van der Waals surface area contributed by atoms with Gasteiger partial charge in [0.1, 0.15) is 18.4 Å². The maximum atomic E-state index is 12.6. The zero-order valence-corrected chi connectivity index (χ0v) is 17.3. The molecule has 2 N–H and O–H groups in total. The molecule has 1 unspecified atom stereocenters. The number of amides is 2. The molecule has 160 valence electrons. The summed E-state index contributed by atoms with van der Waals surface area (Å²) in [4.78, 5) is 25.3. The van der Waals surface area contributed by atoms with Gasteiger partial charge in [-0.1, -0.05) is 31.9 Å². The van der Waals surface area contributed by atoms with Gasteiger partial charge in [-0.15, -0.1) is 6.42 Å². The third-order valence-electron chi connectivity index (χ3n) is 4.48.